The van der Waals surface area contributed by atoms with Gasteiger partial charge in [0.2, 0.25) is 0 Å². The Morgan fingerprint density at radius 1 is 1.18 bits per heavy atom. The lowest BCUT2D eigenvalue weighted by molar-refractivity contribution is 0.168. The number of aliphatic hydroxyl groups excluding tert-OH is 1. The second kappa shape index (κ2) is 8.03. The van der Waals surface area contributed by atoms with Crippen LogP contribution in [-0.2, 0) is 0 Å². The number of halogens is 1. The van der Waals surface area contributed by atoms with Crippen LogP contribution in [0.4, 0.5) is 4.39 Å². The van der Waals surface area contributed by atoms with E-state index in [9.17, 15) is 4.39 Å². The van der Waals surface area contributed by atoms with Gasteiger partial charge in [-0.3, -0.25) is 4.90 Å². The second-order valence-corrected chi connectivity index (χ2v) is 3.87. The van der Waals surface area contributed by atoms with Crippen LogP contribution >= 0.6 is 0 Å². The van der Waals surface area contributed by atoms with E-state index >= 15 is 0 Å². The fourth-order valence-electron chi connectivity index (χ4n) is 1.62. The molecule has 0 unspecified atom stereocenters. The molecule has 0 saturated carbocycles. The van der Waals surface area contributed by atoms with Crippen molar-refractivity contribution in [1.82, 2.24) is 4.90 Å². The fraction of sp³-hybridized carbons (Fsp3) is 0.538. The highest BCUT2D eigenvalue weighted by Crippen LogP contribution is 2.10. The van der Waals surface area contributed by atoms with Crippen LogP contribution in [0.2, 0.25) is 0 Å². The van der Waals surface area contributed by atoms with Crippen molar-refractivity contribution in [3.8, 4) is 5.75 Å². The number of hydrogen-bond donors (Lipinski definition) is 1. The lowest BCUT2D eigenvalue weighted by Gasteiger charge is -2.20. The molecule has 0 fully saturated rings. The zero-order chi connectivity index (χ0) is 12.5. The number of nitrogens with zero attached hydrogens (tertiary/aromatic N) is 1. The molecule has 0 bridgehead atoms. The van der Waals surface area contributed by atoms with Crippen molar-refractivity contribution in [2.45, 2.75) is 13.3 Å². The molecule has 1 aromatic rings. The van der Waals surface area contributed by atoms with E-state index in [1.165, 1.54) is 12.1 Å². The van der Waals surface area contributed by atoms with E-state index in [-0.39, 0.29) is 12.4 Å². The standard InChI is InChI=1S/C13H20FNO2/c1-2-7-15(8-10-16)9-11-17-13-5-3-12(14)4-6-13/h3-6,16H,2,7-11H2,1H3. The van der Waals surface area contributed by atoms with Gasteiger partial charge in [0.05, 0.1) is 6.61 Å². The average Bonchev–Trinajstić information content (AvgIpc) is 2.32. The highest BCUT2D eigenvalue weighted by atomic mass is 19.1. The molecule has 17 heavy (non-hydrogen) atoms. The summed E-state index contributed by atoms with van der Waals surface area (Å²) in [6.07, 6.45) is 1.05. The van der Waals surface area contributed by atoms with Crippen LogP contribution in [0.5, 0.6) is 5.75 Å². The molecular weight excluding hydrogens is 221 g/mol. The first-order valence-electron chi connectivity index (χ1n) is 5.98. The largest absolute Gasteiger partial charge is 0.492 e. The summed E-state index contributed by atoms with van der Waals surface area (Å²) in [5.74, 6) is 0.414. The molecular formula is C13H20FNO2. The molecule has 0 atom stereocenters. The van der Waals surface area contributed by atoms with Gasteiger partial charge in [0.15, 0.2) is 0 Å². The lowest BCUT2D eigenvalue weighted by Crippen LogP contribution is -2.31. The minimum Gasteiger partial charge on any atom is -0.492 e. The van der Waals surface area contributed by atoms with Gasteiger partial charge in [-0.2, -0.15) is 0 Å². The van der Waals surface area contributed by atoms with Gasteiger partial charge in [-0.25, -0.2) is 4.39 Å². The Bertz CT molecular complexity index is 297. The summed E-state index contributed by atoms with van der Waals surface area (Å²) in [7, 11) is 0. The number of aliphatic hydroxyl groups is 1. The van der Waals surface area contributed by atoms with Crippen molar-refractivity contribution in [3.05, 3.63) is 30.1 Å². The SMILES string of the molecule is CCCN(CCO)CCOc1ccc(F)cc1. The van der Waals surface area contributed by atoms with Crippen LogP contribution < -0.4 is 4.74 Å². The molecule has 3 nitrogen and oxygen atoms in total. The predicted octanol–water partition coefficient (Wildman–Crippen LogP) is 1.91. The van der Waals surface area contributed by atoms with Gasteiger partial charge < -0.3 is 9.84 Å². The smallest absolute Gasteiger partial charge is 0.123 e. The number of hydrogen-bond acceptors (Lipinski definition) is 3. The third kappa shape index (κ3) is 5.65. The van der Waals surface area contributed by atoms with Crippen LogP contribution in [-0.4, -0.2) is 42.9 Å². The fourth-order valence-corrected chi connectivity index (χ4v) is 1.62. The quantitative estimate of drug-likeness (QED) is 0.754. The Balaban J connectivity index is 2.27. The normalized spacial score (nSPS) is 10.8. The maximum absolute atomic E-state index is 12.6. The summed E-state index contributed by atoms with van der Waals surface area (Å²) in [5.41, 5.74) is 0. The van der Waals surface area contributed by atoms with Crippen molar-refractivity contribution < 1.29 is 14.2 Å². The summed E-state index contributed by atoms with van der Waals surface area (Å²) >= 11 is 0. The summed E-state index contributed by atoms with van der Waals surface area (Å²) in [4.78, 5) is 2.14. The molecule has 0 radical (unpaired) electrons. The molecule has 0 aliphatic carbocycles. The van der Waals surface area contributed by atoms with Crippen LogP contribution in [0.3, 0.4) is 0 Å². The van der Waals surface area contributed by atoms with Crippen LogP contribution in [0.25, 0.3) is 0 Å². The zero-order valence-corrected chi connectivity index (χ0v) is 10.2. The van der Waals surface area contributed by atoms with E-state index in [1.807, 2.05) is 0 Å². The van der Waals surface area contributed by atoms with Gasteiger partial charge in [-0.05, 0) is 37.2 Å². The van der Waals surface area contributed by atoms with E-state index in [1.54, 1.807) is 12.1 Å². The number of rotatable bonds is 8. The van der Waals surface area contributed by atoms with Crippen LogP contribution in [0, 0.1) is 5.82 Å². The second-order valence-electron chi connectivity index (χ2n) is 3.87. The van der Waals surface area contributed by atoms with E-state index in [0.29, 0.717) is 18.9 Å². The van der Waals surface area contributed by atoms with Gasteiger partial charge in [0.1, 0.15) is 18.2 Å². The molecule has 96 valence electrons. The molecule has 1 N–H and O–H groups in total. The van der Waals surface area contributed by atoms with Crippen molar-refractivity contribution in [1.29, 1.82) is 0 Å². The van der Waals surface area contributed by atoms with Crippen molar-refractivity contribution in [2.75, 3.05) is 32.8 Å². The average molecular weight is 241 g/mol. The molecule has 1 rings (SSSR count). The third-order valence-electron chi connectivity index (χ3n) is 2.45. The Morgan fingerprint density at radius 2 is 1.88 bits per heavy atom. The zero-order valence-electron chi connectivity index (χ0n) is 10.2. The molecule has 0 spiro atoms. The van der Waals surface area contributed by atoms with Gasteiger partial charge in [0.25, 0.3) is 0 Å². The minimum absolute atomic E-state index is 0.163. The minimum atomic E-state index is -0.259. The van der Waals surface area contributed by atoms with Crippen LogP contribution in [0.15, 0.2) is 24.3 Å². The number of ether oxygens (including phenoxy) is 1. The maximum Gasteiger partial charge on any atom is 0.123 e. The summed E-state index contributed by atoms with van der Waals surface area (Å²) < 4.78 is 18.1. The van der Waals surface area contributed by atoms with Gasteiger partial charge in [-0.1, -0.05) is 6.92 Å². The molecule has 0 saturated heterocycles. The van der Waals surface area contributed by atoms with Crippen molar-refractivity contribution in [3.63, 3.8) is 0 Å². The van der Waals surface area contributed by atoms with E-state index in [4.69, 9.17) is 9.84 Å². The predicted molar refractivity (Wildman–Crippen MR) is 65.7 cm³/mol. The van der Waals surface area contributed by atoms with E-state index in [0.717, 1.165) is 19.5 Å². The monoisotopic (exact) mass is 241 g/mol. The molecule has 0 amide bonds. The molecule has 4 heteroatoms. The third-order valence-corrected chi connectivity index (χ3v) is 2.45. The maximum atomic E-state index is 12.6. The molecule has 1 aromatic carbocycles. The Labute approximate surface area is 102 Å². The lowest BCUT2D eigenvalue weighted by atomic mass is 10.3. The van der Waals surface area contributed by atoms with Gasteiger partial charge in [0, 0.05) is 13.1 Å². The summed E-state index contributed by atoms with van der Waals surface area (Å²) in [6.45, 7) is 5.20. The van der Waals surface area contributed by atoms with E-state index in [2.05, 4.69) is 11.8 Å². The summed E-state index contributed by atoms with van der Waals surface area (Å²) in [6, 6.07) is 6.00. The molecule has 0 aliphatic heterocycles. The topological polar surface area (TPSA) is 32.7 Å². The number of benzene rings is 1. The van der Waals surface area contributed by atoms with Crippen molar-refractivity contribution >= 4 is 0 Å². The summed E-state index contributed by atoms with van der Waals surface area (Å²) in [5, 5.41) is 8.89. The first kappa shape index (κ1) is 13.9. The highest BCUT2D eigenvalue weighted by molar-refractivity contribution is 5.21. The first-order chi connectivity index (χ1) is 8.26. The molecule has 0 heterocycles. The Hall–Kier alpha value is -1.13. The first-order valence-corrected chi connectivity index (χ1v) is 5.98. The molecule has 0 aromatic heterocycles. The Morgan fingerprint density at radius 3 is 2.47 bits per heavy atom. The Kier molecular flexibility index (Phi) is 6.58. The van der Waals surface area contributed by atoms with Gasteiger partial charge >= 0.3 is 0 Å². The van der Waals surface area contributed by atoms with E-state index < -0.39 is 0 Å². The van der Waals surface area contributed by atoms with Gasteiger partial charge in [-0.15, -0.1) is 0 Å². The highest BCUT2D eigenvalue weighted by Gasteiger charge is 2.03. The molecule has 0 aliphatic rings. The van der Waals surface area contributed by atoms with Crippen molar-refractivity contribution in [2.24, 2.45) is 0 Å². The van der Waals surface area contributed by atoms with Crippen LogP contribution in [0.1, 0.15) is 13.3 Å².